The predicted molar refractivity (Wildman–Crippen MR) is 61.6 cm³/mol. The summed E-state index contributed by atoms with van der Waals surface area (Å²) in [6.07, 6.45) is 0.538. The van der Waals surface area contributed by atoms with E-state index >= 15 is 0 Å². The summed E-state index contributed by atoms with van der Waals surface area (Å²) in [6.45, 7) is 0. The third-order valence-corrected chi connectivity index (χ3v) is 3.08. The monoisotopic (exact) mass is 250 g/mol. The number of halogens is 3. The summed E-state index contributed by atoms with van der Waals surface area (Å²) < 4.78 is 18.6. The largest absolute Gasteiger partial charge is 0.494 e. The predicted octanol–water partition coefficient (Wildman–Crippen LogP) is 3.47. The van der Waals surface area contributed by atoms with Crippen molar-refractivity contribution in [2.24, 2.45) is 5.92 Å². The van der Waals surface area contributed by atoms with Crippen molar-refractivity contribution in [2.45, 2.75) is 6.42 Å². The number of methoxy groups -OCH3 is 1. The highest BCUT2D eigenvalue weighted by molar-refractivity contribution is 6.20. The molecule has 1 rings (SSSR count). The number of hydrogen-bond acceptors (Lipinski definition) is 1. The van der Waals surface area contributed by atoms with Gasteiger partial charge in [-0.3, -0.25) is 0 Å². The fourth-order valence-corrected chi connectivity index (χ4v) is 1.88. The van der Waals surface area contributed by atoms with Crippen LogP contribution >= 0.6 is 23.2 Å². The van der Waals surface area contributed by atoms with Crippen LogP contribution in [0, 0.1) is 11.7 Å². The fourth-order valence-electron chi connectivity index (χ4n) is 1.33. The van der Waals surface area contributed by atoms with Crippen molar-refractivity contribution >= 4 is 23.2 Å². The molecule has 0 amide bonds. The van der Waals surface area contributed by atoms with Gasteiger partial charge in [0.15, 0.2) is 11.6 Å². The van der Waals surface area contributed by atoms with Crippen molar-refractivity contribution in [2.75, 3.05) is 18.9 Å². The van der Waals surface area contributed by atoms with E-state index in [2.05, 4.69) is 0 Å². The molecule has 0 saturated heterocycles. The van der Waals surface area contributed by atoms with Crippen LogP contribution in [0.3, 0.4) is 0 Å². The first-order valence-corrected chi connectivity index (χ1v) is 5.73. The van der Waals surface area contributed by atoms with Gasteiger partial charge in [0.25, 0.3) is 0 Å². The third-order valence-electron chi connectivity index (χ3n) is 2.21. The minimum Gasteiger partial charge on any atom is -0.494 e. The topological polar surface area (TPSA) is 9.23 Å². The van der Waals surface area contributed by atoms with Crippen molar-refractivity contribution in [3.63, 3.8) is 0 Å². The first-order chi connectivity index (χ1) is 7.22. The zero-order valence-electron chi connectivity index (χ0n) is 8.47. The Kier molecular flexibility index (Phi) is 5.20. The average Bonchev–Trinajstić information content (AvgIpc) is 2.28. The lowest BCUT2D eigenvalue weighted by Crippen LogP contribution is -2.09. The van der Waals surface area contributed by atoms with Gasteiger partial charge in [-0.15, -0.1) is 23.2 Å². The number of rotatable bonds is 5. The van der Waals surface area contributed by atoms with Gasteiger partial charge in [0.1, 0.15) is 0 Å². The van der Waals surface area contributed by atoms with Crippen LogP contribution in [0.25, 0.3) is 0 Å². The second-order valence-corrected chi connectivity index (χ2v) is 3.93. The van der Waals surface area contributed by atoms with Crippen LogP contribution in [-0.2, 0) is 6.42 Å². The zero-order valence-corrected chi connectivity index (χ0v) is 9.98. The maximum absolute atomic E-state index is 13.7. The van der Waals surface area contributed by atoms with Gasteiger partial charge in [0, 0.05) is 11.8 Å². The number of hydrogen-bond donors (Lipinski definition) is 0. The second-order valence-electron chi connectivity index (χ2n) is 3.31. The molecule has 1 aromatic rings. The summed E-state index contributed by atoms with van der Waals surface area (Å²) in [4.78, 5) is 0. The standard InChI is InChI=1S/C11H13Cl2FO/c1-15-10-4-2-3-9(11(10)14)5-8(6-12)7-13/h2-4,8H,5-7H2,1H3. The minimum atomic E-state index is -0.319. The van der Waals surface area contributed by atoms with Crippen LogP contribution in [0.15, 0.2) is 18.2 Å². The summed E-state index contributed by atoms with van der Waals surface area (Å²) in [5, 5.41) is 0. The van der Waals surface area contributed by atoms with Crippen LogP contribution in [0.1, 0.15) is 5.56 Å². The van der Waals surface area contributed by atoms with Gasteiger partial charge in [-0.05, 0) is 24.0 Å². The Morgan fingerprint density at radius 1 is 1.33 bits per heavy atom. The molecular formula is C11H13Cl2FO. The summed E-state index contributed by atoms with van der Waals surface area (Å²) in [5.74, 6) is 0.894. The molecular weight excluding hydrogens is 238 g/mol. The Bertz CT molecular complexity index is 313. The van der Waals surface area contributed by atoms with Gasteiger partial charge in [0.05, 0.1) is 7.11 Å². The molecule has 0 aromatic heterocycles. The third kappa shape index (κ3) is 3.25. The van der Waals surface area contributed by atoms with E-state index in [0.29, 0.717) is 23.7 Å². The Morgan fingerprint density at radius 2 is 2.00 bits per heavy atom. The molecule has 0 aliphatic carbocycles. The van der Waals surface area contributed by atoms with Crippen LogP contribution in [0.5, 0.6) is 5.75 Å². The van der Waals surface area contributed by atoms with Crippen molar-refractivity contribution < 1.29 is 9.13 Å². The van der Waals surface area contributed by atoms with Crippen molar-refractivity contribution in [1.29, 1.82) is 0 Å². The maximum atomic E-state index is 13.7. The van der Waals surface area contributed by atoms with Crippen molar-refractivity contribution in [3.8, 4) is 5.75 Å². The van der Waals surface area contributed by atoms with Crippen LogP contribution in [0.4, 0.5) is 4.39 Å². The van der Waals surface area contributed by atoms with E-state index in [0.717, 1.165) is 0 Å². The molecule has 15 heavy (non-hydrogen) atoms. The fraction of sp³-hybridized carbons (Fsp3) is 0.455. The van der Waals surface area contributed by atoms with Crippen molar-refractivity contribution in [3.05, 3.63) is 29.6 Å². The van der Waals surface area contributed by atoms with Crippen LogP contribution in [-0.4, -0.2) is 18.9 Å². The van der Waals surface area contributed by atoms with E-state index in [9.17, 15) is 4.39 Å². The lowest BCUT2D eigenvalue weighted by Gasteiger charge is -2.12. The van der Waals surface area contributed by atoms with Gasteiger partial charge in [-0.1, -0.05) is 12.1 Å². The van der Waals surface area contributed by atoms with E-state index in [1.54, 1.807) is 18.2 Å². The molecule has 0 atom stereocenters. The molecule has 0 radical (unpaired) electrons. The summed E-state index contributed by atoms with van der Waals surface area (Å²) in [6, 6.07) is 5.08. The molecule has 0 aliphatic heterocycles. The van der Waals surface area contributed by atoms with Crippen LogP contribution < -0.4 is 4.74 Å². The molecule has 1 nitrogen and oxygen atoms in total. The molecule has 1 aromatic carbocycles. The lowest BCUT2D eigenvalue weighted by atomic mass is 10.0. The highest BCUT2D eigenvalue weighted by atomic mass is 35.5. The van der Waals surface area contributed by atoms with Crippen molar-refractivity contribution in [1.82, 2.24) is 0 Å². The molecule has 0 unspecified atom stereocenters. The lowest BCUT2D eigenvalue weighted by molar-refractivity contribution is 0.383. The smallest absolute Gasteiger partial charge is 0.168 e. The Hall–Kier alpha value is -0.470. The van der Waals surface area contributed by atoms with Gasteiger partial charge in [-0.25, -0.2) is 4.39 Å². The normalized spacial score (nSPS) is 10.7. The van der Waals surface area contributed by atoms with E-state index in [-0.39, 0.29) is 17.5 Å². The first kappa shape index (κ1) is 12.6. The van der Waals surface area contributed by atoms with Gasteiger partial charge < -0.3 is 4.74 Å². The Balaban J connectivity index is 2.85. The SMILES string of the molecule is COc1cccc(CC(CCl)CCl)c1F. The van der Waals surface area contributed by atoms with Gasteiger partial charge in [-0.2, -0.15) is 0 Å². The summed E-state index contributed by atoms with van der Waals surface area (Å²) >= 11 is 11.4. The minimum absolute atomic E-state index is 0.0925. The van der Waals surface area contributed by atoms with E-state index in [4.69, 9.17) is 27.9 Å². The zero-order chi connectivity index (χ0) is 11.3. The van der Waals surface area contributed by atoms with E-state index in [1.807, 2.05) is 0 Å². The number of benzene rings is 1. The molecule has 0 N–H and O–H groups in total. The molecule has 0 heterocycles. The summed E-state index contributed by atoms with van der Waals surface area (Å²) in [7, 11) is 1.45. The average molecular weight is 251 g/mol. The molecule has 84 valence electrons. The van der Waals surface area contributed by atoms with E-state index in [1.165, 1.54) is 7.11 Å². The highest BCUT2D eigenvalue weighted by Gasteiger charge is 2.13. The Labute approximate surface area is 99.1 Å². The molecule has 0 spiro atoms. The van der Waals surface area contributed by atoms with Gasteiger partial charge >= 0.3 is 0 Å². The maximum Gasteiger partial charge on any atom is 0.168 e. The Morgan fingerprint density at radius 3 is 2.53 bits per heavy atom. The second kappa shape index (κ2) is 6.19. The molecule has 0 saturated carbocycles. The molecule has 0 fully saturated rings. The van der Waals surface area contributed by atoms with Crippen LogP contribution in [0.2, 0.25) is 0 Å². The quantitative estimate of drug-likeness (QED) is 0.728. The van der Waals surface area contributed by atoms with E-state index < -0.39 is 0 Å². The number of alkyl halides is 2. The molecule has 4 heteroatoms. The molecule has 0 aliphatic rings. The summed E-state index contributed by atoms with van der Waals surface area (Å²) in [5.41, 5.74) is 0.598. The van der Waals surface area contributed by atoms with Gasteiger partial charge in [0.2, 0.25) is 0 Å². The number of ether oxygens (including phenoxy) is 1. The highest BCUT2D eigenvalue weighted by Crippen LogP contribution is 2.23. The molecule has 0 bridgehead atoms. The first-order valence-electron chi connectivity index (χ1n) is 4.66.